The summed E-state index contributed by atoms with van der Waals surface area (Å²) in [5, 5.41) is 2.41. The topological polar surface area (TPSA) is 43.1 Å². The van der Waals surface area contributed by atoms with Crippen LogP contribution in [0.15, 0.2) is 42.0 Å². The third-order valence-corrected chi connectivity index (χ3v) is 6.05. The molecule has 110 valence electrons. The molecule has 0 saturated heterocycles. The maximum absolute atomic E-state index is 12.4. The van der Waals surface area contributed by atoms with E-state index in [0.717, 1.165) is 30.3 Å². The van der Waals surface area contributed by atoms with Crippen LogP contribution in [-0.4, -0.2) is 5.78 Å². The van der Waals surface area contributed by atoms with Crippen LogP contribution in [0, 0.1) is 5.92 Å². The van der Waals surface area contributed by atoms with Crippen molar-refractivity contribution in [1.82, 2.24) is 0 Å². The number of anilines is 1. The fourth-order valence-electron chi connectivity index (χ4n) is 5.12. The Labute approximate surface area is 130 Å². The lowest BCUT2D eigenvalue weighted by Gasteiger charge is -2.41. The van der Waals surface area contributed by atoms with E-state index < -0.39 is 0 Å². The van der Waals surface area contributed by atoms with Crippen molar-refractivity contribution < 1.29 is 4.79 Å². The molecule has 1 spiro atoms. The van der Waals surface area contributed by atoms with Crippen molar-refractivity contribution in [3.05, 3.63) is 53.1 Å². The molecule has 0 aromatic heterocycles. The van der Waals surface area contributed by atoms with Crippen molar-refractivity contribution in [3.8, 4) is 0 Å². The van der Waals surface area contributed by atoms with Crippen LogP contribution in [0.2, 0.25) is 0 Å². The average molecular weight is 289 g/mol. The van der Waals surface area contributed by atoms with Gasteiger partial charge in [-0.2, -0.15) is 0 Å². The summed E-state index contributed by atoms with van der Waals surface area (Å²) in [6.45, 7) is 0. The number of fused-ring (bicyclic) bond motifs is 6. The summed E-state index contributed by atoms with van der Waals surface area (Å²) >= 11 is 0. The van der Waals surface area contributed by atoms with Crippen molar-refractivity contribution in [1.29, 1.82) is 0 Å². The Morgan fingerprint density at radius 1 is 1.09 bits per heavy atom. The van der Waals surface area contributed by atoms with Gasteiger partial charge in [0.25, 0.3) is 0 Å². The Morgan fingerprint density at radius 3 is 2.77 bits per heavy atom. The van der Waals surface area contributed by atoms with Gasteiger partial charge in [0.15, 0.2) is 0 Å². The van der Waals surface area contributed by atoms with Gasteiger partial charge < -0.3 is 5.73 Å². The van der Waals surface area contributed by atoms with E-state index in [1.165, 1.54) is 22.9 Å². The van der Waals surface area contributed by atoms with Gasteiger partial charge in [-0.05, 0) is 59.2 Å². The molecule has 0 heterocycles. The van der Waals surface area contributed by atoms with Crippen LogP contribution >= 0.6 is 0 Å². The van der Waals surface area contributed by atoms with Gasteiger partial charge in [-0.15, -0.1) is 0 Å². The lowest BCUT2D eigenvalue weighted by molar-refractivity contribution is -0.120. The molecule has 2 bridgehead atoms. The molecule has 1 fully saturated rings. The third kappa shape index (κ3) is 1.53. The average Bonchev–Trinajstić information content (AvgIpc) is 3.06. The Kier molecular flexibility index (Phi) is 2.27. The standard InChI is InChI=1S/C20H19NO/c21-17-4-2-13-9-19-15(6-14(13)7-17)8-18(22)11-20(19)10-12-1-3-16(20)5-12/h1-2,4,6-7,9,16H,3,5,8,10-11,21H2. The largest absolute Gasteiger partial charge is 0.399 e. The zero-order valence-corrected chi connectivity index (χ0v) is 12.6. The molecule has 3 aliphatic carbocycles. The fourth-order valence-corrected chi connectivity index (χ4v) is 5.12. The highest BCUT2D eigenvalue weighted by Crippen LogP contribution is 2.58. The molecule has 2 aromatic carbocycles. The smallest absolute Gasteiger partial charge is 0.138 e. The number of rotatable bonds is 0. The molecular weight excluding hydrogens is 270 g/mol. The second kappa shape index (κ2) is 4.01. The lowest BCUT2D eigenvalue weighted by atomic mass is 9.62. The molecule has 2 unspecified atom stereocenters. The minimum Gasteiger partial charge on any atom is -0.399 e. The van der Waals surface area contributed by atoms with Gasteiger partial charge in [0.1, 0.15) is 5.78 Å². The maximum Gasteiger partial charge on any atom is 0.138 e. The summed E-state index contributed by atoms with van der Waals surface area (Å²) in [4.78, 5) is 12.4. The zero-order chi connectivity index (χ0) is 14.9. The number of benzene rings is 2. The number of carbonyl (C=O) groups excluding carboxylic acids is 1. The Balaban J connectivity index is 1.78. The van der Waals surface area contributed by atoms with Crippen LogP contribution in [0.1, 0.15) is 36.8 Å². The molecule has 2 atom stereocenters. The molecule has 0 radical (unpaired) electrons. The molecule has 2 nitrogen and oxygen atoms in total. The molecule has 1 saturated carbocycles. The van der Waals surface area contributed by atoms with Gasteiger partial charge in [-0.3, -0.25) is 4.79 Å². The number of ketones is 1. The molecule has 5 rings (SSSR count). The van der Waals surface area contributed by atoms with Gasteiger partial charge in [0, 0.05) is 23.9 Å². The van der Waals surface area contributed by atoms with Crippen LogP contribution in [0.3, 0.4) is 0 Å². The molecule has 0 amide bonds. The number of allylic oxidation sites excluding steroid dienone is 2. The van der Waals surface area contributed by atoms with Crippen molar-refractivity contribution in [3.63, 3.8) is 0 Å². The first-order valence-electron chi connectivity index (χ1n) is 8.16. The van der Waals surface area contributed by atoms with Gasteiger partial charge in [-0.25, -0.2) is 0 Å². The van der Waals surface area contributed by atoms with E-state index in [9.17, 15) is 4.79 Å². The van der Waals surface area contributed by atoms with Crippen molar-refractivity contribution >= 4 is 22.2 Å². The highest BCUT2D eigenvalue weighted by molar-refractivity contribution is 5.92. The van der Waals surface area contributed by atoms with Crippen LogP contribution in [-0.2, 0) is 16.6 Å². The maximum atomic E-state index is 12.4. The number of Topliss-reactive ketones (excluding diaryl/α,β-unsaturated/α-hetero) is 1. The molecule has 0 aliphatic heterocycles. The summed E-state index contributed by atoms with van der Waals surface area (Å²) in [6, 6.07) is 10.7. The first-order chi connectivity index (χ1) is 10.6. The highest BCUT2D eigenvalue weighted by Gasteiger charge is 2.51. The van der Waals surface area contributed by atoms with Crippen LogP contribution < -0.4 is 5.73 Å². The highest BCUT2D eigenvalue weighted by atomic mass is 16.1. The number of hydrogen-bond donors (Lipinski definition) is 1. The Hall–Kier alpha value is -2.09. The number of carbonyl (C=O) groups is 1. The summed E-state index contributed by atoms with van der Waals surface area (Å²) in [5.41, 5.74) is 11.0. The van der Waals surface area contributed by atoms with E-state index in [0.29, 0.717) is 18.1 Å². The molecular formula is C20H19NO. The summed E-state index contributed by atoms with van der Waals surface area (Å²) in [6.07, 6.45) is 7.18. The zero-order valence-electron chi connectivity index (χ0n) is 12.6. The first-order valence-corrected chi connectivity index (χ1v) is 8.16. The van der Waals surface area contributed by atoms with Gasteiger partial charge in [0.05, 0.1) is 0 Å². The van der Waals surface area contributed by atoms with Crippen LogP contribution in [0.5, 0.6) is 0 Å². The van der Waals surface area contributed by atoms with E-state index in [2.05, 4.69) is 24.3 Å². The SMILES string of the molecule is Nc1ccc2cc3c(cc2c1)CC(=O)CC31CC2=CCC1C2. The minimum atomic E-state index is 0.0876. The second-order valence-corrected chi connectivity index (χ2v) is 7.34. The summed E-state index contributed by atoms with van der Waals surface area (Å²) in [5.74, 6) is 1.04. The van der Waals surface area contributed by atoms with E-state index in [4.69, 9.17) is 5.73 Å². The Morgan fingerprint density at radius 2 is 2.00 bits per heavy atom. The van der Waals surface area contributed by atoms with E-state index in [-0.39, 0.29) is 5.41 Å². The summed E-state index contributed by atoms with van der Waals surface area (Å²) in [7, 11) is 0. The van der Waals surface area contributed by atoms with Crippen LogP contribution in [0.25, 0.3) is 10.8 Å². The fraction of sp³-hybridized carbons (Fsp3) is 0.350. The van der Waals surface area contributed by atoms with E-state index in [1.807, 2.05) is 12.1 Å². The van der Waals surface area contributed by atoms with Gasteiger partial charge in [-0.1, -0.05) is 29.8 Å². The normalized spacial score (nSPS) is 29.2. The van der Waals surface area contributed by atoms with Gasteiger partial charge in [0.2, 0.25) is 0 Å². The summed E-state index contributed by atoms with van der Waals surface area (Å²) < 4.78 is 0. The van der Waals surface area contributed by atoms with Crippen molar-refractivity contribution in [2.24, 2.45) is 5.92 Å². The van der Waals surface area contributed by atoms with Crippen molar-refractivity contribution in [2.75, 3.05) is 5.73 Å². The minimum absolute atomic E-state index is 0.0876. The van der Waals surface area contributed by atoms with E-state index >= 15 is 0 Å². The van der Waals surface area contributed by atoms with Crippen LogP contribution in [0.4, 0.5) is 5.69 Å². The predicted octanol–water partition coefficient (Wildman–Crippen LogP) is 3.92. The molecule has 2 aromatic rings. The third-order valence-electron chi connectivity index (χ3n) is 6.05. The van der Waals surface area contributed by atoms with Gasteiger partial charge >= 0.3 is 0 Å². The molecule has 2 heteroatoms. The predicted molar refractivity (Wildman–Crippen MR) is 88.8 cm³/mol. The van der Waals surface area contributed by atoms with E-state index in [1.54, 1.807) is 5.57 Å². The van der Waals surface area contributed by atoms with Crippen molar-refractivity contribution in [2.45, 2.75) is 37.5 Å². The lowest BCUT2D eigenvalue weighted by Crippen LogP contribution is -2.39. The number of nitrogens with two attached hydrogens (primary N) is 1. The molecule has 22 heavy (non-hydrogen) atoms. The quantitative estimate of drug-likeness (QED) is 0.590. The second-order valence-electron chi connectivity index (χ2n) is 7.34. The Bertz CT molecular complexity index is 863. The molecule has 3 aliphatic rings. The number of hydrogen-bond acceptors (Lipinski definition) is 2. The number of nitrogen functional groups attached to an aromatic ring is 1. The first kappa shape index (κ1) is 12.5. The monoisotopic (exact) mass is 289 g/mol. The molecule has 2 N–H and O–H groups in total.